The maximum Gasteiger partial charge on any atom is 0.256 e. The molecule has 2 unspecified atom stereocenters. The molecule has 47 heavy (non-hydrogen) atoms. The Balaban J connectivity index is 1.02. The Hall–Kier alpha value is -3.30. The number of nitrogens with zero attached hydrogens (tertiary/aromatic N) is 6. The normalized spacial score (nSPS) is 27.1. The van der Waals surface area contributed by atoms with E-state index in [1.807, 2.05) is 31.1 Å². The fraction of sp³-hybridized carbons (Fsp3) is 0.605. The molecule has 1 aliphatic carbocycles. The van der Waals surface area contributed by atoms with E-state index in [4.69, 9.17) is 0 Å². The molecule has 5 heterocycles. The minimum Gasteiger partial charge on any atom is -0.342 e. The number of benzene rings is 1. The summed E-state index contributed by atoms with van der Waals surface area (Å²) < 4.78 is 16.6. The van der Waals surface area contributed by atoms with Crippen LogP contribution in [0, 0.1) is 36.4 Å². The van der Waals surface area contributed by atoms with Gasteiger partial charge >= 0.3 is 0 Å². The molecule has 4 aliphatic rings. The lowest BCUT2D eigenvalue weighted by molar-refractivity contribution is -0.128. The topological polar surface area (TPSA) is 64.9 Å². The van der Waals surface area contributed by atoms with Crippen molar-refractivity contribution in [1.29, 1.82) is 0 Å². The van der Waals surface area contributed by atoms with Crippen molar-refractivity contribution in [3.8, 4) is 5.69 Å². The lowest BCUT2D eigenvalue weighted by Crippen LogP contribution is -2.51. The fourth-order valence-corrected chi connectivity index (χ4v) is 9.02. The number of pyridine rings is 1. The summed E-state index contributed by atoms with van der Waals surface area (Å²) in [5.74, 6) is 2.26. The number of carbonyl (C=O) groups excluding carboxylic acids is 2. The summed E-state index contributed by atoms with van der Waals surface area (Å²) in [4.78, 5) is 39.0. The molecule has 4 atom stereocenters. The lowest BCUT2D eigenvalue weighted by atomic mass is 9.75. The SMILES string of the molecule is CC(=O)N1CC2CN([C@H]3C[C@@H](C(C)N4CC[C@H](Cc5cn(-c6ccc(F)cc6C(=O)N(C)C(C)C)c6cncc(C)c56)C4)C3)C[C@H]2C1. The van der Waals surface area contributed by atoms with Gasteiger partial charge in [0.1, 0.15) is 5.82 Å². The van der Waals surface area contributed by atoms with Gasteiger partial charge in [0.2, 0.25) is 5.91 Å². The molecule has 2 aromatic heterocycles. The molecule has 7 rings (SSSR count). The number of fused-ring (bicyclic) bond motifs is 2. The average Bonchev–Trinajstić information content (AvgIpc) is 3.79. The van der Waals surface area contributed by atoms with E-state index in [-0.39, 0.29) is 17.9 Å². The van der Waals surface area contributed by atoms with Crippen molar-refractivity contribution in [3.63, 3.8) is 0 Å². The maximum atomic E-state index is 14.5. The average molecular weight is 643 g/mol. The van der Waals surface area contributed by atoms with E-state index in [1.165, 1.54) is 42.3 Å². The monoisotopic (exact) mass is 642 g/mol. The van der Waals surface area contributed by atoms with Crippen molar-refractivity contribution in [2.45, 2.75) is 78.4 Å². The quantitative estimate of drug-likeness (QED) is 0.330. The Kier molecular flexibility index (Phi) is 8.66. The van der Waals surface area contributed by atoms with Gasteiger partial charge in [-0.1, -0.05) is 0 Å². The van der Waals surface area contributed by atoms with E-state index in [2.05, 4.69) is 39.4 Å². The Labute approximate surface area is 278 Å². The molecule has 0 spiro atoms. The third kappa shape index (κ3) is 5.99. The molecule has 4 fully saturated rings. The Morgan fingerprint density at radius 2 is 1.77 bits per heavy atom. The highest BCUT2D eigenvalue weighted by atomic mass is 19.1. The summed E-state index contributed by atoms with van der Waals surface area (Å²) in [6.45, 7) is 16.6. The van der Waals surface area contributed by atoms with Crippen LogP contribution in [0.1, 0.15) is 68.4 Å². The largest absolute Gasteiger partial charge is 0.342 e. The predicted molar refractivity (Wildman–Crippen MR) is 183 cm³/mol. The van der Waals surface area contributed by atoms with Gasteiger partial charge in [0.05, 0.1) is 23.0 Å². The molecule has 252 valence electrons. The molecule has 3 aromatic rings. The number of rotatable bonds is 8. The zero-order valence-electron chi connectivity index (χ0n) is 29.0. The number of carbonyl (C=O) groups is 2. The second-order valence-electron chi connectivity index (χ2n) is 15.4. The van der Waals surface area contributed by atoms with Crippen molar-refractivity contribution >= 4 is 22.7 Å². The van der Waals surface area contributed by atoms with E-state index in [0.29, 0.717) is 41.1 Å². The highest BCUT2D eigenvalue weighted by Crippen LogP contribution is 2.42. The number of halogens is 1. The van der Waals surface area contributed by atoms with Crippen LogP contribution in [-0.2, 0) is 11.2 Å². The Morgan fingerprint density at radius 1 is 1.04 bits per heavy atom. The fourth-order valence-electron chi connectivity index (χ4n) is 9.02. The highest BCUT2D eigenvalue weighted by Gasteiger charge is 2.47. The Bertz CT molecular complexity index is 1650. The second-order valence-corrected chi connectivity index (χ2v) is 15.4. The van der Waals surface area contributed by atoms with Crippen molar-refractivity contribution in [2.24, 2.45) is 23.7 Å². The number of hydrogen-bond donors (Lipinski definition) is 0. The number of amides is 2. The van der Waals surface area contributed by atoms with Gasteiger partial charge in [-0.25, -0.2) is 4.39 Å². The number of likely N-dealkylation sites (tertiary alicyclic amines) is 3. The van der Waals surface area contributed by atoms with Crippen molar-refractivity contribution in [2.75, 3.05) is 46.3 Å². The molecule has 9 heteroatoms. The minimum absolute atomic E-state index is 0.00182. The van der Waals surface area contributed by atoms with Gasteiger partial charge < -0.3 is 19.3 Å². The summed E-state index contributed by atoms with van der Waals surface area (Å²) >= 11 is 0. The summed E-state index contributed by atoms with van der Waals surface area (Å²) in [6.07, 6.45) is 10.7. The third-order valence-electron chi connectivity index (χ3n) is 12.2. The first-order valence-corrected chi connectivity index (χ1v) is 17.7. The molecule has 3 saturated heterocycles. The molecular weight excluding hydrogens is 591 g/mol. The minimum atomic E-state index is -0.415. The van der Waals surface area contributed by atoms with Crippen LogP contribution in [0.15, 0.2) is 36.8 Å². The summed E-state index contributed by atoms with van der Waals surface area (Å²) in [7, 11) is 1.77. The van der Waals surface area contributed by atoms with Crippen LogP contribution in [0.5, 0.6) is 0 Å². The summed E-state index contributed by atoms with van der Waals surface area (Å²) in [5.41, 5.74) is 4.39. The highest BCUT2D eigenvalue weighted by molar-refractivity contribution is 5.99. The third-order valence-corrected chi connectivity index (χ3v) is 12.2. The lowest BCUT2D eigenvalue weighted by Gasteiger charge is -2.46. The smallest absolute Gasteiger partial charge is 0.256 e. The van der Waals surface area contributed by atoms with E-state index >= 15 is 0 Å². The molecule has 3 aliphatic heterocycles. The van der Waals surface area contributed by atoms with Crippen LogP contribution < -0.4 is 0 Å². The standard InChI is InChI=1S/C38H51FN6O2/c1-23(2)41(6)38(47)34-14-32(39)7-8-35(34)45-22-29(37-24(3)15-40-16-36(37)45)11-27-9-10-42(17-27)25(4)28-12-33(13-28)44-20-30-18-43(26(5)46)19-31(30)21-44/h7-8,14-16,22-23,25,27-28,30-31,33H,9-13,17-21H2,1-6H3/t25?,27-,28-,30-,31?,33+/m1/s1. The van der Waals surface area contributed by atoms with E-state index in [1.54, 1.807) is 24.9 Å². The number of aryl methyl sites for hydroxylation is 1. The molecule has 1 aromatic carbocycles. The first kappa shape index (κ1) is 32.3. The van der Waals surface area contributed by atoms with E-state index in [0.717, 1.165) is 62.7 Å². The van der Waals surface area contributed by atoms with Crippen LogP contribution in [0.25, 0.3) is 16.6 Å². The second kappa shape index (κ2) is 12.6. The molecule has 2 amide bonds. The van der Waals surface area contributed by atoms with Gasteiger partial charge in [0.15, 0.2) is 0 Å². The molecule has 0 N–H and O–H groups in total. The summed E-state index contributed by atoms with van der Waals surface area (Å²) in [6, 6.07) is 5.83. The first-order chi connectivity index (χ1) is 22.5. The predicted octanol–water partition coefficient (Wildman–Crippen LogP) is 5.40. The van der Waals surface area contributed by atoms with Gasteiger partial charge in [-0.3, -0.25) is 19.5 Å². The van der Waals surface area contributed by atoms with Crippen LogP contribution in [0.2, 0.25) is 0 Å². The Morgan fingerprint density at radius 3 is 2.45 bits per heavy atom. The number of aromatic nitrogens is 2. The summed E-state index contributed by atoms with van der Waals surface area (Å²) in [5, 5.41) is 1.19. The van der Waals surface area contributed by atoms with Crippen molar-refractivity contribution in [1.82, 2.24) is 29.2 Å². The van der Waals surface area contributed by atoms with Gasteiger partial charge in [0, 0.05) is 82.6 Å². The molecule has 8 nitrogen and oxygen atoms in total. The van der Waals surface area contributed by atoms with Crippen LogP contribution in [-0.4, -0.2) is 105 Å². The van der Waals surface area contributed by atoms with E-state index < -0.39 is 5.82 Å². The maximum absolute atomic E-state index is 14.5. The van der Waals surface area contributed by atoms with Gasteiger partial charge in [-0.15, -0.1) is 0 Å². The number of hydrogen-bond acceptors (Lipinski definition) is 5. The van der Waals surface area contributed by atoms with Gasteiger partial charge in [-0.05, 0) is 113 Å². The molecular formula is C38H51FN6O2. The zero-order chi connectivity index (χ0) is 33.1. The first-order valence-electron chi connectivity index (χ1n) is 17.7. The van der Waals surface area contributed by atoms with Crippen LogP contribution in [0.4, 0.5) is 4.39 Å². The zero-order valence-corrected chi connectivity index (χ0v) is 29.0. The van der Waals surface area contributed by atoms with Crippen molar-refractivity contribution in [3.05, 3.63) is 59.3 Å². The molecule has 0 radical (unpaired) electrons. The molecule has 0 bridgehead atoms. The van der Waals surface area contributed by atoms with Crippen molar-refractivity contribution < 1.29 is 14.0 Å². The van der Waals surface area contributed by atoms with Gasteiger partial charge in [-0.2, -0.15) is 0 Å². The van der Waals surface area contributed by atoms with E-state index in [9.17, 15) is 14.0 Å². The van der Waals surface area contributed by atoms with Crippen LogP contribution in [0.3, 0.4) is 0 Å². The van der Waals surface area contributed by atoms with Crippen LogP contribution >= 0.6 is 0 Å². The molecule has 1 saturated carbocycles. The van der Waals surface area contributed by atoms with Gasteiger partial charge in [0.25, 0.3) is 5.91 Å².